The van der Waals surface area contributed by atoms with E-state index in [1.807, 2.05) is 13.8 Å². The molecule has 0 radical (unpaired) electrons. The lowest BCUT2D eigenvalue weighted by molar-refractivity contribution is -0.0115. The third-order valence-corrected chi connectivity index (χ3v) is 2.70. The molecule has 1 aromatic rings. The van der Waals surface area contributed by atoms with Crippen molar-refractivity contribution in [2.45, 2.75) is 32.8 Å². The number of rotatable bonds is 5. The van der Waals surface area contributed by atoms with Crippen LogP contribution in [0.5, 0.6) is 0 Å². The van der Waals surface area contributed by atoms with Crippen LogP contribution in [0.25, 0.3) is 0 Å². The van der Waals surface area contributed by atoms with Crippen molar-refractivity contribution in [3.63, 3.8) is 0 Å². The number of nitrogens with zero attached hydrogens (tertiary/aromatic N) is 1. The number of nitrogen functional groups attached to an aromatic ring is 1. The minimum atomic E-state index is -0.814. The lowest BCUT2D eigenvalue weighted by Crippen LogP contribution is -2.38. The molecular formula is C12H18N2O2. The van der Waals surface area contributed by atoms with E-state index in [1.54, 1.807) is 25.3 Å². The van der Waals surface area contributed by atoms with E-state index in [0.29, 0.717) is 18.6 Å². The number of ketones is 1. The van der Waals surface area contributed by atoms with Crippen LogP contribution >= 0.6 is 0 Å². The van der Waals surface area contributed by atoms with E-state index in [0.717, 1.165) is 0 Å². The number of nitrogens with two attached hydrogens (primary N) is 1. The fourth-order valence-corrected chi connectivity index (χ4v) is 1.54. The summed E-state index contributed by atoms with van der Waals surface area (Å²) in [7, 11) is 0. The van der Waals surface area contributed by atoms with Crippen molar-refractivity contribution in [2.75, 3.05) is 12.3 Å². The normalized spacial score (nSPS) is 14.4. The van der Waals surface area contributed by atoms with Gasteiger partial charge in [-0.25, -0.2) is 4.98 Å². The number of carbonyl (C=O) groups is 1. The number of ether oxygens (including phenoxy) is 1. The Morgan fingerprint density at radius 3 is 2.75 bits per heavy atom. The van der Waals surface area contributed by atoms with Gasteiger partial charge in [-0.15, -0.1) is 0 Å². The predicted octanol–water partition coefficient (Wildman–Crippen LogP) is 2.05. The van der Waals surface area contributed by atoms with E-state index >= 15 is 0 Å². The van der Waals surface area contributed by atoms with Gasteiger partial charge in [0.15, 0.2) is 5.78 Å². The van der Waals surface area contributed by atoms with Crippen molar-refractivity contribution in [3.8, 4) is 0 Å². The molecule has 0 aliphatic carbocycles. The zero-order chi connectivity index (χ0) is 12.2. The van der Waals surface area contributed by atoms with Crippen molar-refractivity contribution in [1.82, 2.24) is 4.98 Å². The molecule has 0 aromatic carbocycles. The first kappa shape index (κ1) is 12.6. The highest BCUT2D eigenvalue weighted by Crippen LogP contribution is 2.23. The molecule has 0 aliphatic rings. The quantitative estimate of drug-likeness (QED) is 0.774. The molecule has 1 rings (SSSR count). The molecule has 1 heterocycles. The summed E-state index contributed by atoms with van der Waals surface area (Å²) in [6, 6.07) is 3.38. The summed E-state index contributed by atoms with van der Waals surface area (Å²) in [5.41, 5.74) is 5.30. The average Bonchev–Trinajstić information content (AvgIpc) is 2.29. The van der Waals surface area contributed by atoms with E-state index in [9.17, 15) is 4.79 Å². The Morgan fingerprint density at radius 1 is 1.56 bits per heavy atom. The summed E-state index contributed by atoms with van der Waals surface area (Å²) in [6.45, 7) is 6.06. The van der Waals surface area contributed by atoms with Crippen LogP contribution in [-0.2, 0) is 4.74 Å². The molecule has 1 aromatic heterocycles. The highest BCUT2D eigenvalue weighted by atomic mass is 16.5. The first-order chi connectivity index (χ1) is 7.55. The van der Waals surface area contributed by atoms with Gasteiger partial charge in [0.05, 0.1) is 5.56 Å². The smallest absolute Gasteiger partial charge is 0.198 e. The fourth-order valence-electron chi connectivity index (χ4n) is 1.54. The second kappa shape index (κ2) is 5.07. The third-order valence-electron chi connectivity index (χ3n) is 2.70. The van der Waals surface area contributed by atoms with Gasteiger partial charge in [0.25, 0.3) is 0 Å². The van der Waals surface area contributed by atoms with Crippen LogP contribution in [0.4, 0.5) is 5.82 Å². The molecule has 0 saturated heterocycles. The van der Waals surface area contributed by atoms with Gasteiger partial charge in [-0.2, -0.15) is 0 Å². The summed E-state index contributed by atoms with van der Waals surface area (Å²) in [5.74, 6) is 0.148. The van der Waals surface area contributed by atoms with Gasteiger partial charge >= 0.3 is 0 Å². The molecule has 2 N–H and O–H groups in total. The van der Waals surface area contributed by atoms with Crippen LogP contribution in [0.1, 0.15) is 37.6 Å². The zero-order valence-corrected chi connectivity index (χ0v) is 9.99. The first-order valence-corrected chi connectivity index (χ1v) is 5.44. The lowest BCUT2D eigenvalue weighted by Gasteiger charge is -2.26. The molecule has 0 bridgehead atoms. The van der Waals surface area contributed by atoms with Crippen molar-refractivity contribution in [1.29, 1.82) is 0 Å². The van der Waals surface area contributed by atoms with Crippen LogP contribution in [-0.4, -0.2) is 23.0 Å². The highest BCUT2D eigenvalue weighted by Gasteiger charge is 2.33. The molecule has 4 nitrogen and oxygen atoms in total. The maximum absolute atomic E-state index is 12.3. The SMILES string of the molecule is CCOC(C)(CC)C(=O)c1cccnc1N. The molecule has 4 heteroatoms. The number of hydrogen-bond acceptors (Lipinski definition) is 4. The topological polar surface area (TPSA) is 65.2 Å². The van der Waals surface area contributed by atoms with Crippen molar-refractivity contribution < 1.29 is 9.53 Å². The standard InChI is InChI=1S/C12H18N2O2/c1-4-12(3,16-5-2)10(15)9-7-6-8-14-11(9)13/h6-8H,4-5H2,1-3H3,(H2,13,14). The summed E-state index contributed by atoms with van der Waals surface area (Å²) < 4.78 is 5.52. The molecule has 0 amide bonds. The number of carbonyl (C=O) groups excluding carboxylic acids is 1. The Morgan fingerprint density at radius 2 is 2.25 bits per heavy atom. The van der Waals surface area contributed by atoms with E-state index in [2.05, 4.69) is 4.98 Å². The molecular weight excluding hydrogens is 204 g/mol. The van der Waals surface area contributed by atoms with Crippen LogP contribution in [0.3, 0.4) is 0 Å². The summed E-state index contributed by atoms with van der Waals surface area (Å²) in [4.78, 5) is 16.2. The molecule has 1 atom stereocenters. The summed E-state index contributed by atoms with van der Waals surface area (Å²) >= 11 is 0. The maximum atomic E-state index is 12.3. The van der Waals surface area contributed by atoms with Crippen LogP contribution in [0.2, 0.25) is 0 Å². The van der Waals surface area contributed by atoms with Crippen molar-refractivity contribution in [2.24, 2.45) is 0 Å². The molecule has 0 spiro atoms. The lowest BCUT2D eigenvalue weighted by atomic mass is 9.92. The molecule has 16 heavy (non-hydrogen) atoms. The first-order valence-electron chi connectivity index (χ1n) is 5.44. The summed E-state index contributed by atoms with van der Waals surface area (Å²) in [6.07, 6.45) is 2.17. The third kappa shape index (κ3) is 2.39. The second-order valence-corrected chi connectivity index (χ2v) is 3.78. The molecule has 0 aliphatic heterocycles. The van der Waals surface area contributed by atoms with Gasteiger partial charge in [-0.1, -0.05) is 6.92 Å². The molecule has 0 fully saturated rings. The maximum Gasteiger partial charge on any atom is 0.198 e. The number of pyridine rings is 1. The van der Waals surface area contributed by atoms with Gasteiger partial charge in [-0.3, -0.25) is 4.79 Å². The average molecular weight is 222 g/mol. The minimum absolute atomic E-state index is 0.109. The van der Waals surface area contributed by atoms with Gasteiger partial charge in [0.1, 0.15) is 11.4 Å². The Labute approximate surface area is 95.8 Å². The number of aromatic nitrogens is 1. The largest absolute Gasteiger partial charge is 0.383 e. The van der Waals surface area contributed by atoms with Gasteiger partial charge < -0.3 is 10.5 Å². The second-order valence-electron chi connectivity index (χ2n) is 3.78. The molecule has 0 saturated carbocycles. The van der Waals surface area contributed by atoms with Gasteiger partial charge in [0.2, 0.25) is 0 Å². The van der Waals surface area contributed by atoms with Gasteiger partial charge in [0, 0.05) is 12.8 Å². The Kier molecular flexibility index (Phi) is 4.01. The summed E-state index contributed by atoms with van der Waals surface area (Å²) in [5, 5.41) is 0. The van der Waals surface area contributed by atoms with Gasteiger partial charge in [-0.05, 0) is 32.4 Å². The monoisotopic (exact) mass is 222 g/mol. The Balaban J connectivity index is 3.05. The highest BCUT2D eigenvalue weighted by molar-refractivity contribution is 6.05. The van der Waals surface area contributed by atoms with E-state index in [1.165, 1.54) is 0 Å². The number of anilines is 1. The molecule has 1 unspecified atom stereocenters. The fraction of sp³-hybridized carbons (Fsp3) is 0.500. The molecule has 88 valence electrons. The van der Waals surface area contributed by atoms with Crippen LogP contribution in [0, 0.1) is 0 Å². The Bertz CT molecular complexity index is 379. The van der Waals surface area contributed by atoms with E-state index in [-0.39, 0.29) is 11.6 Å². The van der Waals surface area contributed by atoms with Crippen molar-refractivity contribution in [3.05, 3.63) is 23.9 Å². The number of hydrogen-bond donors (Lipinski definition) is 1. The van der Waals surface area contributed by atoms with E-state index in [4.69, 9.17) is 10.5 Å². The Hall–Kier alpha value is -1.42. The van der Waals surface area contributed by atoms with Crippen LogP contribution in [0.15, 0.2) is 18.3 Å². The zero-order valence-electron chi connectivity index (χ0n) is 9.99. The van der Waals surface area contributed by atoms with Crippen molar-refractivity contribution >= 4 is 11.6 Å². The predicted molar refractivity (Wildman–Crippen MR) is 63.3 cm³/mol. The van der Waals surface area contributed by atoms with Crippen LogP contribution < -0.4 is 5.73 Å². The van der Waals surface area contributed by atoms with E-state index < -0.39 is 5.60 Å². The minimum Gasteiger partial charge on any atom is -0.383 e. The number of Topliss-reactive ketones (excluding diaryl/α,β-unsaturated/α-hetero) is 1.